The second kappa shape index (κ2) is 3.58. The molecule has 0 unspecified atom stereocenters. The highest BCUT2D eigenvalue weighted by atomic mass is 32.1. The fraction of sp³-hybridized carbons (Fsp3) is 0.300. The van der Waals surface area contributed by atoms with Gasteiger partial charge in [-0.05, 0) is 13.8 Å². The van der Waals surface area contributed by atoms with Crippen molar-refractivity contribution in [2.75, 3.05) is 0 Å². The van der Waals surface area contributed by atoms with Gasteiger partial charge in [0.25, 0.3) is 11.8 Å². The number of aryl methyl sites for hydroxylation is 1. The summed E-state index contributed by atoms with van der Waals surface area (Å²) in [6.07, 6.45) is 1.37. The predicted octanol–water partition coefficient (Wildman–Crippen LogP) is 1.27. The molecule has 78 valence electrons. The van der Waals surface area contributed by atoms with Gasteiger partial charge in [0.15, 0.2) is 0 Å². The van der Waals surface area contributed by atoms with E-state index in [9.17, 15) is 9.59 Å². The quantitative estimate of drug-likeness (QED) is 0.708. The van der Waals surface area contributed by atoms with Gasteiger partial charge in [0.1, 0.15) is 0 Å². The highest BCUT2D eigenvalue weighted by Gasteiger charge is 2.28. The summed E-state index contributed by atoms with van der Waals surface area (Å²) in [7, 11) is 0. The van der Waals surface area contributed by atoms with Gasteiger partial charge in [-0.2, -0.15) is 0 Å². The van der Waals surface area contributed by atoms with Crippen molar-refractivity contribution >= 4 is 23.2 Å². The molecule has 0 spiro atoms. The van der Waals surface area contributed by atoms with Crippen LogP contribution < -0.4 is 0 Å². The molecule has 0 aliphatic carbocycles. The molecule has 0 N–H and O–H groups in total. The Hall–Kier alpha value is -1.49. The number of imide groups is 1. The van der Waals surface area contributed by atoms with Crippen molar-refractivity contribution in [3.05, 3.63) is 27.7 Å². The van der Waals surface area contributed by atoms with E-state index < -0.39 is 0 Å². The Kier molecular flexibility index (Phi) is 2.40. The average Bonchev–Trinajstić information content (AvgIpc) is 2.67. The van der Waals surface area contributed by atoms with E-state index >= 15 is 0 Å². The van der Waals surface area contributed by atoms with Crippen LogP contribution in [0.1, 0.15) is 17.5 Å². The lowest BCUT2D eigenvalue weighted by molar-refractivity contribution is -0.137. The van der Waals surface area contributed by atoms with Gasteiger partial charge in [0, 0.05) is 16.5 Å². The second-order valence-corrected chi connectivity index (χ2v) is 4.36. The molecule has 15 heavy (non-hydrogen) atoms. The molecule has 0 saturated carbocycles. The lowest BCUT2D eigenvalue weighted by atomic mass is 10.3. The number of hydrogen-bond acceptors (Lipinski definition) is 4. The fourth-order valence-corrected chi connectivity index (χ4v) is 2.17. The molecular formula is C10H10N2O2S. The van der Waals surface area contributed by atoms with Gasteiger partial charge in [-0.1, -0.05) is 0 Å². The molecule has 1 aromatic rings. The number of hydrogen-bond donors (Lipinski definition) is 0. The Labute approximate surface area is 91.2 Å². The van der Waals surface area contributed by atoms with E-state index in [1.54, 1.807) is 12.4 Å². The summed E-state index contributed by atoms with van der Waals surface area (Å²) in [5.41, 5.74) is 3.10. The molecule has 5 heteroatoms. The van der Waals surface area contributed by atoms with E-state index in [4.69, 9.17) is 0 Å². The van der Waals surface area contributed by atoms with Crippen LogP contribution in [-0.2, 0) is 16.1 Å². The maximum Gasteiger partial charge on any atom is 0.256 e. The van der Waals surface area contributed by atoms with Crippen LogP contribution in [0.2, 0.25) is 0 Å². The van der Waals surface area contributed by atoms with Crippen LogP contribution >= 0.6 is 11.3 Å². The van der Waals surface area contributed by atoms with Crippen LogP contribution in [-0.4, -0.2) is 21.7 Å². The van der Waals surface area contributed by atoms with Crippen LogP contribution in [0.4, 0.5) is 0 Å². The molecule has 0 radical (unpaired) electrons. The molecule has 0 aromatic carbocycles. The van der Waals surface area contributed by atoms with Crippen LogP contribution in [0.5, 0.6) is 0 Å². The Morgan fingerprint density at radius 3 is 2.60 bits per heavy atom. The minimum absolute atomic E-state index is 0.201. The number of carbonyl (C=O) groups excluding carboxylic acids is 2. The van der Waals surface area contributed by atoms with Gasteiger partial charge in [0.05, 0.1) is 17.7 Å². The van der Waals surface area contributed by atoms with Gasteiger partial charge in [-0.15, -0.1) is 11.3 Å². The summed E-state index contributed by atoms with van der Waals surface area (Å²) in [5.74, 6) is -0.432. The Balaban J connectivity index is 2.19. The first-order valence-corrected chi connectivity index (χ1v) is 5.40. The maximum atomic E-state index is 11.6. The third kappa shape index (κ3) is 1.70. The molecule has 0 bridgehead atoms. The van der Waals surface area contributed by atoms with Crippen molar-refractivity contribution < 1.29 is 9.59 Å². The summed E-state index contributed by atoms with van der Waals surface area (Å²) in [6, 6.07) is 0. The van der Waals surface area contributed by atoms with E-state index in [0.29, 0.717) is 12.1 Å². The first kappa shape index (κ1) is 10.0. The number of amides is 2. The van der Waals surface area contributed by atoms with E-state index in [2.05, 4.69) is 4.98 Å². The molecular weight excluding hydrogens is 212 g/mol. The van der Waals surface area contributed by atoms with Crippen molar-refractivity contribution in [1.29, 1.82) is 0 Å². The number of nitrogens with zero attached hydrogens (tertiary/aromatic N) is 2. The first-order valence-electron chi connectivity index (χ1n) is 4.52. The third-order valence-electron chi connectivity index (χ3n) is 2.34. The van der Waals surface area contributed by atoms with Gasteiger partial charge in [0.2, 0.25) is 0 Å². The second-order valence-electron chi connectivity index (χ2n) is 3.42. The van der Waals surface area contributed by atoms with Gasteiger partial charge < -0.3 is 0 Å². The minimum atomic E-state index is -0.231. The van der Waals surface area contributed by atoms with E-state index in [1.807, 2.05) is 6.92 Å². The lowest BCUT2D eigenvalue weighted by Crippen LogP contribution is -2.30. The standard InChI is InChI=1S/C10H10N2O2S/c1-6-3-9(13)12(10(6)14)4-8-7(2)11-5-15-8/h3,5H,4H2,1-2H3. The summed E-state index contributed by atoms with van der Waals surface area (Å²) >= 11 is 1.46. The zero-order chi connectivity index (χ0) is 11.0. The van der Waals surface area contributed by atoms with Crippen molar-refractivity contribution in [2.24, 2.45) is 0 Å². The topological polar surface area (TPSA) is 50.3 Å². The maximum absolute atomic E-state index is 11.6. The summed E-state index contributed by atoms with van der Waals surface area (Å²) in [5, 5.41) is 0. The molecule has 4 nitrogen and oxygen atoms in total. The Morgan fingerprint density at radius 1 is 1.40 bits per heavy atom. The molecule has 1 aromatic heterocycles. The molecule has 2 heterocycles. The summed E-state index contributed by atoms with van der Waals surface area (Å²) < 4.78 is 0. The number of carbonyl (C=O) groups is 2. The number of rotatable bonds is 2. The van der Waals surface area contributed by atoms with Gasteiger partial charge in [-0.3, -0.25) is 14.5 Å². The van der Waals surface area contributed by atoms with Crippen LogP contribution in [0.15, 0.2) is 17.2 Å². The highest BCUT2D eigenvalue weighted by Crippen LogP contribution is 2.19. The van der Waals surface area contributed by atoms with E-state index in [0.717, 1.165) is 10.6 Å². The van der Waals surface area contributed by atoms with Crippen molar-refractivity contribution in [2.45, 2.75) is 20.4 Å². The zero-order valence-electron chi connectivity index (χ0n) is 8.48. The average molecular weight is 222 g/mol. The van der Waals surface area contributed by atoms with Crippen molar-refractivity contribution in [1.82, 2.24) is 9.88 Å². The smallest absolute Gasteiger partial charge is 0.256 e. The van der Waals surface area contributed by atoms with Crippen LogP contribution in [0.3, 0.4) is 0 Å². The van der Waals surface area contributed by atoms with Crippen LogP contribution in [0, 0.1) is 6.92 Å². The van der Waals surface area contributed by atoms with Crippen molar-refractivity contribution in [3.8, 4) is 0 Å². The molecule has 2 rings (SSSR count). The molecule has 2 amide bonds. The van der Waals surface area contributed by atoms with Gasteiger partial charge in [-0.25, -0.2) is 4.98 Å². The molecule has 0 atom stereocenters. The number of thiazole rings is 1. The molecule has 1 aliphatic heterocycles. The first-order chi connectivity index (χ1) is 7.09. The van der Waals surface area contributed by atoms with Crippen LogP contribution in [0.25, 0.3) is 0 Å². The molecule has 0 fully saturated rings. The van der Waals surface area contributed by atoms with Gasteiger partial charge >= 0.3 is 0 Å². The highest BCUT2D eigenvalue weighted by molar-refractivity contribution is 7.09. The largest absolute Gasteiger partial charge is 0.270 e. The zero-order valence-corrected chi connectivity index (χ0v) is 9.30. The Bertz CT molecular complexity index is 462. The number of aromatic nitrogens is 1. The normalized spacial score (nSPS) is 16.1. The monoisotopic (exact) mass is 222 g/mol. The van der Waals surface area contributed by atoms with E-state index in [-0.39, 0.29) is 11.8 Å². The fourth-order valence-electron chi connectivity index (χ4n) is 1.41. The minimum Gasteiger partial charge on any atom is -0.270 e. The Morgan fingerprint density at radius 2 is 2.13 bits per heavy atom. The molecule has 1 aliphatic rings. The predicted molar refractivity (Wildman–Crippen MR) is 56.2 cm³/mol. The lowest BCUT2D eigenvalue weighted by Gasteiger charge is -2.13. The SMILES string of the molecule is CC1=CC(=O)N(Cc2scnc2C)C1=O. The summed E-state index contributed by atoms with van der Waals surface area (Å²) in [4.78, 5) is 29.3. The molecule has 0 saturated heterocycles. The summed E-state index contributed by atoms with van der Waals surface area (Å²) in [6.45, 7) is 3.86. The third-order valence-corrected chi connectivity index (χ3v) is 3.25. The van der Waals surface area contributed by atoms with Crippen molar-refractivity contribution in [3.63, 3.8) is 0 Å². The van der Waals surface area contributed by atoms with E-state index in [1.165, 1.54) is 22.3 Å².